The van der Waals surface area contributed by atoms with E-state index in [1.54, 1.807) is 0 Å². The van der Waals surface area contributed by atoms with Crippen molar-refractivity contribution < 1.29 is 9.59 Å². The van der Waals surface area contributed by atoms with Crippen molar-refractivity contribution in [3.05, 3.63) is 24.3 Å². The van der Waals surface area contributed by atoms with Crippen LogP contribution in [0.25, 0.3) is 0 Å². The van der Waals surface area contributed by atoms with Crippen molar-refractivity contribution in [1.82, 2.24) is 4.90 Å². The Morgan fingerprint density at radius 2 is 1.69 bits per heavy atom. The van der Waals surface area contributed by atoms with Crippen LogP contribution in [0.2, 0.25) is 0 Å². The Labute approximate surface area is 155 Å². The molecule has 2 aliphatic rings. The van der Waals surface area contributed by atoms with Gasteiger partial charge >= 0.3 is 0 Å². The number of piperidine rings is 1. The van der Waals surface area contributed by atoms with Gasteiger partial charge in [-0.1, -0.05) is 12.8 Å². The van der Waals surface area contributed by atoms with E-state index in [4.69, 9.17) is 5.73 Å². The molecule has 2 heterocycles. The first kappa shape index (κ1) is 18.7. The lowest BCUT2D eigenvalue weighted by molar-refractivity contribution is -0.125. The third kappa shape index (κ3) is 5.21. The normalized spacial score (nSPS) is 21.8. The average Bonchev–Trinajstić information content (AvgIpc) is 2.92. The second kappa shape index (κ2) is 9.03. The van der Waals surface area contributed by atoms with E-state index in [-0.39, 0.29) is 17.7 Å². The fourth-order valence-electron chi connectivity index (χ4n) is 3.92. The van der Waals surface area contributed by atoms with Gasteiger partial charge in [0.1, 0.15) is 0 Å². The number of amides is 2. The molecule has 3 N–H and O–H groups in total. The number of benzene rings is 1. The number of hydrogen-bond donors (Lipinski definition) is 2. The number of rotatable bonds is 5. The monoisotopic (exact) mass is 358 g/mol. The number of anilines is 2. The molecule has 0 aromatic heterocycles. The van der Waals surface area contributed by atoms with Crippen molar-refractivity contribution >= 4 is 23.2 Å². The van der Waals surface area contributed by atoms with Gasteiger partial charge in [0.25, 0.3) is 0 Å². The highest BCUT2D eigenvalue weighted by molar-refractivity contribution is 5.92. The van der Waals surface area contributed by atoms with Crippen LogP contribution in [-0.2, 0) is 9.59 Å². The maximum atomic E-state index is 12.3. The van der Waals surface area contributed by atoms with Crippen molar-refractivity contribution in [3.8, 4) is 0 Å². The minimum atomic E-state index is -0.265. The van der Waals surface area contributed by atoms with Gasteiger partial charge in [0.15, 0.2) is 0 Å². The van der Waals surface area contributed by atoms with E-state index >= 15 is 0 Å². The second-order valence-corrected chi connectivity index (χ2v) is 7.47. The summed E-state index contributed by atoms with van der Waals surface area (Å²) in [5.41, 5.74) is 7.44. The minimum absolute atomic E-state index is 0.0438. The first-order valence-electron chi connectivity index (χ1n) is 9.78. The molecule has 1 unspecified atom stereocenters. The Morgan fingerprint density at radius 3 is 2.35 bits per heavy atom. The molecule has 2 fully saturated rings. The maximum Gasteiger partial charge on any atom is 0.238 e. The molecule has 2 aliphatic heterocycles. The van der Waals surface area contributed by atoms with Crippen LogP contribution in [0.4, 0.5) is 11.4 Å². The van der Waals surface area contributed by atoms with Crippen molar-refractivity contribution in [3.63, 3.8) is 0 Å². The SMILES string of the molecule is NC(=O)C1CCCN(CC(=O)Nc2ccc(N3CCCCCC3)cc2)C1. The largest absolute Gasteiger partial charge is 0.372 e. The quantitative estimate of drug-likeness (QED) is 0.846. The van der Waals surface area contributed by atoms with Crippen molar-refractivity contribution in [2.45, 2.75) is 38.5 Å². The zero-order valence-corrected chi connectivity index (χ0v) is 15.5. The third-order valence-corrected chi connectivity index (χ3v) is 5.40. The molecule has 2 saturated heterocycles. The number of likely N-dealkylation sites (tertiary alicyclic amines) is 1. The highest BCUT2D eigenvalue weighted by Crippen LogP contribution is 2.22. The highest BCUT2D eigenvalue weighted by Gasteiger charge is 2.25. The van der Waals surface area contributed by atoms with Crippen molar-refractivity contribution in [2.24, 2.45) is 11.7 Å². The van der Waals surface area contributed by atoms with Gasteiger partial charge in [-0.3, -0.25) is 14.5 Å². The molecule has 1 aromatic rings. The molecule has 0 aliphatic carbocycles. The lowest BCUT2D eigenvalue weighted by atomic mass is 9.97. The Balaban J connectivity index is 1.50. The Hall–Kier alpha value is -2.08. The molecular formula is C20H30N4O2. The van der Waals surface area contributed by atoms with Crippen molar-refractivity contribution in [1.29, 1.82) is 0 Å². The molecule has 0 saturated carbocycles. The Bertz CT molecular complexity index is 609. The average molecular weight is 358 g/mol. The summed E-state index contributed by atoms with van der Waals surface area (Å²) in [5.74, 6) is -0.443. The summed E-state index contributed by atoms with van der Waals surface area (Å²) >= 11 is 0. The van der Waals surface area contributed by atoms with E-state index in [9.17, 15) is 9.59 Å². The lowest BCUT2D eigenvalue weighted by Gasteiger charge is -2.30. The first-order valence-corrected chi connectivity index (χ1v) is 9.78. The van der Waals surface area contributed by atoms with Gasteiger partial charge in [0, 0.05) is 31.0 Å². The number of carbonyl (C=O) groups is 2. The fourth-order valence-corrected chi connectivity index (χ4v) is 3.92. The van der Waals surface area contributed by atoms with Gasteiger partial charge < -0.3 is 16.0 Å². The van der Waals surface area contributed by atoms with Crippen LogP contribution in [0, 0.1) is 5.92 Å². The number of nitrogens with zero attached hydrogens (tertiary/aromatic N) is 2. The predicted octanol–water partition coefficient (Wildman–Crippen LogP) is 2.20. The summed E-state index contributed by atoms with van der Waals surface area (Å²) in [6.07, 6.45) is 6.87. The van der Waals surface area contributed by atoms with Gasteiger partial charge in [-0.25, -0.2) is 0 Å². The second-order valence-electron chi connectivity index (χ2n) is 7.47. The molecule has 6 nitrogen and oxygen atoms in total. The maximum absolute atomic E-state index is 12.3. The van der Waals surface area contributed by atoms with Gasteiger partial charge in [-0.2, -0.15) is 0 Å². The smallest absolute Gasteiger partial charge is 0.238 e. The molecule has 0 bridgehead atoms. The van der Waals surface area contributed by atoms with Gasteiger partial charge in [-0.15, -0.1) is 0 Å². The van der Waals surface area contributed by atoms with Crippen LogP contribution in [0.1, 0.15) is 38.5 Å². The number of nitrogens with one attached hydrogen (secondary N) is 1. The number of primary amides is 1. The van der Waals surface area contributed by atoms with Crippen LogP contribution >= 0.6 is 0 Å². The molecule has 2 amide bonds. The fraction of sp³-hybridized carbons (Fsp3) is 0.600. The topological polar surface area (TPSA) is 78.7 Å². The number of nitrogens with two attached hydrogens (primary N) is 1. The lowest BCUT2D eigenvalue weighted by Crippen LogP contribution is -2.44. The van der Waals surface area contributed by atoms with E-state index < -0.39 is 0 Å². The van der Waals surface area contributed by atoms with E-state index in [1.165, 1.54) is 31.4 Å². The van der Waals surface area contributed by atoms with Crippen LogP contribution in [-0.4, -0.2) is 49.4 Å². The highest BCUT2D eigenvalue weighted by atomic mass is 16.2. The van der Waals surface area contributed by atoms with Crippen LogP contribution in [0.15, 0.2) is 24.3 Å². The molecule has 0 radical (unpaired) electrons. The molecule has 3 rings (SSSR count). The standard InChI is InChI=1S/C20H30N4O2/c21-20(26)16-6-5-11-23(14-16)15-19(25)22-17-7-9-18(10-8-17)24-12-3-1-2-4-13-24/h7-10,16H,1-6,11-15H2,(H2,21,26)(H,22,25). The third-order valence-electron chi connectivity index (χ3n) is 5.40. The zero-order valence-electron chi connectivity index (χ0n) is 15.5. The Kier molecular flexibility index (Phi) is 6.50. The van der Waals surface area contributed by atoms with Gasteiger partial charge in [0.2, 0.25) is 11.8 Å². The van der Waals surface area contributed by atoms with Crippen LogP contribution < -0.4 is 16.0 Å². The Morgan fingerprint density at radius 1 is 1.00 bits per heavy atom. The molecule has 0 spiro atoms. The van der Waals surface area contributed by atoms with Crippen molar-refractivity contribution in [2.75, 3.05) is 42.9 Å². The van der Waals surface area contributed by atoms with Gasteiger partial charge in [0.05, 0.1) is 12.5 Å². The molecule has 6 heteroatoms. The van der Waals surface area contributed by atoms with Crippen LogP contribution in [0.5, 0.6) is 0 Å². The minimum Gasteiger partial charge on any atom is -0.372 e. The molecule has 142 valence electrons. The van der Waals surface area contributed by atoms with E-state index in [1.807, 2.05) is 17.0 Å². The predicted molar refractivity (Wildman–Crippen MR) is 104 cm³/mol. The first-order chi connectivity index (χ1) is 12.6. The van der Waals surface area contributed by atoms with E-state index in [2.05, 4.69) is 22.3 Å². The van der Waals surface area contributed by atoms with E-state index in [0.717, 1.165) is 38.2 Å². The summed E-state index contributed by atoms with van der Waals surface area (Å²) in [5, 5.41) is 2.96. The van der Waals surface area contributed by atoms with Gasteiger partial charge in [-0.05, 0) is 56.5 Å². The summed E-state index contributed by atoms with van der Waals surface area (Å²) in [6, 6.07) is 8.12. The molecular weight excluding hydrogens is 328 g/mol. The zero-order chi connectivity index (χ0) is 18.4. The molecule has 1 aromatic carbocycles. The summed E-state index contributed by atoms with van der Waals surface area (Å²) in [4.78, 5) is 28.1. The molecule has 26 heavy (non-hydrogen) atoms. The summed E-state index contributed by atoms with van der Waals surface area (Å²) in [6.45, 7) is 3.95. The van der Waals surface area contributed by atoms with E-state index in [0.29, 0.717) is 13.1 Å². The summed E-state index contributed by atoms with van der Waals surface area (Å²) in [7, 11) is 0. The number of carbonyl (C=O) groups excluding carboxylic acids is 2. The summed E-state index contributed by atoms with van der Waals surface area (Å²) < 4.78 is 0. The molecule has 1 atom stereocenters. The number of hydrogen-bond acceptors (Lipinski definition) is 4. The van der Waals surface area contributed by atoms with Crippen LogP contribution in [0.3, 0.4) is 0 Å².